The zero-order chi connectivity index (χ0) is 12.7. The van der Waals surface area contributed by atoms with E-state index in [-0.39, 0.29) is 0 Å². The summed E-state index contributed by atoms with van der Waals surface area (Å²) >= 11 is 0. The predicted octanol–water partition coefficient (Wildman–Crippen LogP) is 1.98. The van der Waals surface area contributed by atoms with E-state index < -0.39 is 6.10 Å². The molecule has 0 amide bonds. The maximum atomic E-state index is 9.94. The number of aromatic amines is 1. The number of nitrogens with two attached hydrogens (primary N) is 1. The van der Waals surface area contributed by atoms with Gasteiger partial charge in [0.2, 0.25) is 0 Å². The Morgan fingerprint density at radius 2 is 1.94 bits per heavy atom. The van der Waals surface area contributed by atoms with Crippen molar-refractivity contribution in [3.05, 3.63) is 53.6 Å². The van der Waals surface area contributed by atoms with Crippen molar-refractivity contribution in [2.75, 3.05) is 0 Å². The number of hydrogen-bond acceptors (Lipinski definition) is 3. The Bertz CT molecular complexity index is 409. The monoisotopic (exact) mass is 233 g/mol. The average Bonchev–Trinajstić information content (AvgIpc) is 2.94. The van der Waals surface area contributed by atoms with Crippen molar-refractivity contribution in [1.29, 1.82) is 0 Å². The van der Waals surface area contributed by atoms with Crippen LogP contribution in [-0.2, 0) is 6.54 Å². The largest absolute Gasteiger partial charge is 0.382 e. The van der Waals surface area contributed by atoms with Gasteiger partial charge in [-0.1, -0.05) is 38.1 Å². The van der Waals surface area contributed by atoms with Crippen molar-refractivity contribution < 1.29 is 5.11 Å². The second-order valence-electron chi connectivity index (χ2n) is 3.36. The fraction of sp³-hybridized carbons (Fsp3) is 0.308. The molecule has 0 bridgehead atoms. The molecule has 2 aromatic rings. The molecule has 1 aromatic carbocycles. The van der Waals surface area contributed by atoms with Gasteiger partial charge < -0.3 is 15.8 Å². The van der Waals surface area contributed by atoms with E-state index >= 15 is 0 Å². The molecule has 1 atom stereocenters. The van der Waals surface area contributed by atoms with E-state index in [0.29, 0.717) is 12.2 Å². The summed E-state index contributed by atoms with van der Waals surface area (Å²) in [5, 5.41) is 9.94. The minimum Gasteiger partial charge on any atom is -0.382 e. The zero-order valence-corrected chi connectivity index (χ0v) is 10.2. The second-order valence-corrected chi connectivity index (χ2v) is 3.36. The van der Waals surface area contributed by atoms with Crippen LogP contribution in [-0.4, -0.2) is 15.1 Å². The summed E-state index contributed by atoms with van der Waals surface area (Å²) < 4.78 is 0. The molecule has 0 saturated heterocycles. The van der Waals surface area contributed by atoms with E-state index in [2.05, 4.69) is 9.97 Å². The molecular formula is C13H19N3O. The molecule has 1 unspecified atom stereocenters. The van der Waals surface area contributed by atoms with Crippen LogP contribution in [0.3, 0.4) is 0 Å². The number of aliphatic hydroxyl groups is 1. The van der Waals surface area contributed by atoms with Crippen molar-refractivity contribution in [3.8, 4) is 0 Å². The molecule has 0 aliphatic heterocycles. The normalized spacial score (nSPS) is 11.5. The first-order valence-corrected chi connectivity index (χ1v) is 5.76. The fourth-order valence-electron chi connectivity index (χ4n) is 1.43. The topological polar surface area (TPSA) is 74.9 Å². The highest BCUT2D eigenvalue weighted by atomic mass is 16.3. The minimum absolute atomic E-state index is 0.514. The summed E-state index contributed by atoms with van der Waals surface area (Å²) in [7, 11) is 0. The molecule has 4 heteroatoms. The third-order valence-electron chi connectivity index (χ3n) is 2.35. The maximum Gasteiger partial charge on any atom is 0.120 e. The zero-order valence-electron chi connectivity index (χ0n) is 10.2. The molecule has 4 nitrogen and oxygen atoms in total. The van der Waals surface area contributed by atoms with Gasteiger partial charge in [-0.3, -0.25) is 0 Å². The van der Waals surface area contributed by atoms with E-state index in [1.165, 1.54) is 0 Å². The van der Waals surface area contributed by atoms with Gasteiger partial charge in [0.05, 0.1) is 18.2 Å². The Kier molecular flexibility index (Phi) is 5.39. The third kappa shape index (κ3) is 3.41. The number of H-pyrrole nitrogens is 1. The summed E-state index contributed by atoms with van der Waals surface area (Å²) in [5.74, 6) is 0. The van der Waals surface area contributed by atoms with Crippen LogP contribution in [0.2, 0.25) is 0 Å². The van der Waals surface area contributed by atoms with Gasteiger partial charge in [-0.2, -0.15) is 0 Å². The lowest BCUT2D eigenvalue weighted by molar-refractivity contribution is 0.216. The Balaban J connectivity index is 0.000000686. The molecule has 0 aliphatic rings. The van der Waals surface area contributed by atoms with E-state index in [0.717, 1.165) is 11.1 Å². The molecule has 0 spiro atoms. The van der Waals surface area contributed by atoms with Crippen LogP contribution < -0.4 is 5.73 Å². The number of aromatic nitrogens is 2. The van der Waals surface area contributed by atoms with Crippen LogP contribution in [0.15, 0.2) is 36.8 Å². The molecule has 1 aromatic heterocycles. The molecule has 0 radical (unpaired) electrons. The van der Waals surface area contributed by atoms with Gasteiger partial charge in [0.15, 0.2) is 0 Å². The molecule has 17 heavy (non-hydrogen) atoms. The predicted molar refractivity (Wildman–Crippen MR) is 68.3 cm³/mol. The van der Waals surface area contributed by atoms with Gasteiger partial charge in [0.25, 0.3) is 0 Å². The quantitative estimate of drug-likeness (QED) is 0.758. The van der Waals surface area contributed by atoms with Crippen molar-refractivity contribution in [2.45, 2.75) is 26.5 Å². The number of imidazole rings is 1. The highest BCUT2D eigenvalue weighted by Gasteiger charge is 2.10. The molecule has 0 saturated carbocycles. The highest BCUT2D eigenvalue weighted by molar-refractivity contribution is 5.28. The van der Waals surface area contributed by atoms with Gasteiger partial charge in [0, 0.05) is 6.54 Å². The van der Waals surface area contributed by atoms with Crippen LogP contribution >= 0.6 is 0 Å². The number of rotatable bonds is 3. The lowest BCUT2D eigenvalue weighted by Crippen LogP contribution is -2.01. The summed E-state index contributed by atoms with van der Waals surface area (Å²) in [6.45, 7) is 4.51. The lowest BCUT2D eigenvalue weighted by atomic mass is 10.1. The van der Waals surface area contributed by atoms with Gasteiger partial charge in [0.1, 0.15) is 6.10 Å². The highest BCUT2D eigenvalue weighted by Crippen LogP contribution is 2.19. The van der Waals surface area contributed by atoms with Gasteiger partial charge >= 0.3 is 0 Å². The first-order valence-electron chi connectivity index (χ1n) is 5.76. The third-order valence-corrected chi connectivity index (χ3v) is 2.35. The average molecular weight is 233 g/mol. The summed E-state index contributed by atoms with van der Waals surface area (Å²) in [4.78, 5) is 6.75. The number of aliphatic hydroxyl groups excluding tert-OH is 1. The summed E-state index contributed by atoms with van der Waals surface area (Å²) in [6.07, 6.45) is 2.51. The molecule has 1 heterocycles. The van der Waals surface area contributed by atoms with E-state index in [4.69, 9.17) is 5.73 Å². The van der Waals surface area contributed by atoms with Crippen molar-refractivity contribution in [1.82, 2.24) is 9.97 Å². The second kappa shape index (κ2) is 6.83. The van der Waals surface area contributed by atoms with E-state index in [1.54, 1.807) is 12.5 Å². The van der Waals surface area contributed by atoms with Crippen LogP contribution in [0, 0.1) is 0 Å². The first kappa shape index (κ1) is 13.4. The van der Waals surface area contributed by atoms with Crippen molar-refractivity contribution in [3.63, 3.8) is 0 Å². The maximum absolute atomic E-state index is 9.94. The lowest BCUT2D eigenvalue weighted by Gasteiger charge is -2.09. The van der Waals surface area contributed by atoms with Gasteiger partial charge in [-0.15, -0.1) is 0 Å². The molecule has 92 valence electrons. The van der Waals surface area contributed by atoms with Gasteiger partial charge in [-0.05, 0) is 11.1 Å². The van der Waals surface area contributed by atoms with E-state index in [1.807, 2.05) is 38.1 Å². The van der Waals surface area contributed by atoms with Crippen molar-refractivity contribution >= 4 is 0 Å². The SMILES string of the molecule is CC.NCc1ccc(C(O)c2cnc[nH]2)cc1. The van der Waals surface area contributed by atoms with Crippen LogP contribution in [0.1, 0.15) is 36.8 Å². The first-order chi connectivity index (χ1) is 8.31. The number of hydrogen-bond donors (Lipinski definition) is 3. The number of nitrogens with zero attached hydrogens (tertiary/aromatic N) is 1. The summed E-state index contributed by atoms with van der Waals surface area (Å²) in [6, 6.07) is 7.56. The van der Waals surface area contributed by atoms with E-state index in [9.17, 15) is 5.11 Å². The Hall–Kier alpha value is -1.65. The smallest absolute Gasteiger partial charge is 0.120 e. The van der Waals surface area contributed by atoms with Gasteiger partial charge in [-0.25, -0.2) is 4.98 Å². The standard InChI is InChI=1S/C11H13N3O.C2H6/c12-5-8-1-3-9(4-2-8)11(15)10-6-13-7-14-10;1-2/h1-4,6-7,11,15H,5,12H2,(H,13,14);1-2H3. The molecule has 2 rings (SSSR count). The minimum atomic E-state index is -0.653. The Morgan fingerprint density at radius 3 is 2.41 bits per heavy atom. The van der Waals surface area contributed by atoms with Crippen LogP contribution in [0.4, 0.5) is 0 Å². The molecule has 0 fully saturated rings. The van der Waals surface area contributed by atoms with Crippen LogP contribution in [0.5, 0.6) is 0 Å². The number of benzene rings is 1. The Morgan fingerprint density at radius 1 is 1.29 bits per heavy atom. The molecule has 4 N–H and O–H groups in total. The molecular weight excluding hydrogens is 214 g/mol. The summed E-state index contributed by atoms with van der Waals surface area (Å²) in [5.41, 5.74) is 8.06. The van der Waals surface area contributed by atoms with Crippen molar-refractivity contribution in [2.24, 2.45) is 5.73 Å². The fourth-order valence-corrected chi connectivity index (χ4v) is 1.43. The number of nitrogens with one attached hydrogen (secondary N) is 1. The molecule has 0 aliphatic carbocycles. The Labute approximate surface area is 102 Å². The van der Waals surface area contributed by atoms with Crippen LogP contribution in [0.25, 0.3) is 0 Å².